The maximum Gasteiger partial charge on any atom is 0.319 e. The van der Waals surface area contributed by atoms with Crippen LogP contribution in [0.25, 0.3) is 22.8 Å². The van der Waals surface area contributed by atoms with Gasteiger partial charge in [0.15, 0.2) is 5.83 Å². The number of nitrogens with zero attached hydrogens (tertiary/aromatic N) is 4. The lowest BCUT2D eigenvalue weighted by Crippen LogP contribution is -2.64. The summed E-state index contributed by atoms with van der Waals surface area (Å²) in [4.78, 5) is 14.6. The molecule has 4 aliphatic heterocycles. The third kappa shape index (κ3) is 6.43. The highest BCUT2D eigenvalue weighted by Gasteiger charge is 2.59. The molecule has 302 valence electrons. The third-order valence-electron chi connectivity index (χ3n) is 14.6. The molecule has 3 saturated heterocycles. The van der Waals surface area contributed by atoms with E-state index in [0.717, 1.165) is 51.9 Å². The number of aromatic hydroxyl groups is 1. The normalized spacial score (nSPS) is 33.5. The van der Waals surface area contributed by atoms with Crippen molar-refractivity contribution in [1.29, 1.82) is 0 Å². The van der Waals surface area contributed by atoms with Crippen LogP contribution < -0.4 is 25.5 Å². The number of fused-ring (bicyclic) bond motifs is 3. The number of rotatable bonds is 7. The van der Waals surface area contributed by atoms with E-state index in [0.29, 0.717) is 70.6 Å². The van der Waals surface area contributed by atoms with E-state index in [4.69, 9.17) is 24.2 Å². The molecule has 10 nitrogen and oxygen atoms in total. The molecule has 6 aliphatic rings. The molecule has 0 radical (unpaired) electrons. The van der Waals surface area contributed by atoms with E-state index in [1.54, 1.807) is 25.3 Å². The minimum Gasteiger partial charge on any atom is -0.508 e. The van der Waals surface area contributed by atoms with Gasteiger partial charge >= 0.3 is 6.01 Å². The summed E-state index contributed by atoms with van der Waals surface area (Å²) in [6.07, 6.45) is 13.6. The van der Waals surface area contributed by atoms with E-state index in [2.05, 4.69) is 17.1 Å². The molecule has 56 heavy (non-hydrogen) atoms. The molecule has 2 aromatic carbocycles. The summed E-state index contributed by atoms with van der Waals surface area (Å²) >= 11 is 0. The third-order valence-corrected chi connectivity index (χ3v) is 14.6. The average Bonchev–Trinajstić information content (AvgIpc) is 3.73. The number of aliphatic hydroxyl groups is 1. The van der Waals surface area contributed by atoms with Crippen LogP contribution in [-0.2, 0) is 15.9 Å². The zero-order chi connectivity index (χ0) is 38.9. The molecule has 9 rings (SSSR count). The van der Waals surface area contributed by atoms with Gasteiger partial charge in [0, 0.05) is 36.3 Å². The molecular weight excluding hydrogens is 717 g/mol. The number of hydrogen-bond acceptors (Lipinski definition) is 10. The van der Waals surface area contributed by atoms with Gasteiger partial charge in [-0.1, -0.05) is 19.4 Å². The molecular formula is C44H57F2N5O5. The lowest BCUT2D eigenvalue weighted by Gasteiger charge is -2.58. The first-order chi connectivity index (χ1) is 26.9. The molecule has 1 spiro atoms. The Morgan fingerprint density at radius 3 is 2.55 bits per heavy atom. The maximum atomic E-state index is 17.3. The second-order valence-corrected chi connectivity index (χ2v) is 18.2. The lowest BCUT2D eigenvalue weighted by molar-refractivity contribution is -0.0987. The molecule has 2 unspecified atom stereocenters. The smallest absolute Gasteiger partial charge is 0.319 e. The van der Waals surface area contributed by atoms with E-state index in [1.165, 1.54) is 44.2 Å². The van der Waals surface area contributed by atoms with Crippen molar-refractivity contribution in [3.05, 3.63) is 51.8 Å². The molecule has 3 N–H and O–H groups in total. The number of phenols is 1. The number of aryl methyl sites for hydroxylation is 1. The Morgan fingerprint density at radius 1 is 0.964 bits per heavy atom. The fraction of sp³-hybridized carbons (Fsp3) is 0.636. The Labute approximate surface area is 327 Å². The van der Waals surface area contributed by atoms with Crippen molar-refractivity contribution in [2.75, 3.05) is 57.6 Å². The van der Waals surface area contributed by atoms with E-state index >= 15 is 8.78 Å². The number of hydrogen-bond donors (Lipinski definition) is 3. The molecule has 4 atom stereocenters. The van der Waals surface area contributed by atoms with Crippen molar-refractivity contribution in [3.8, 4) is 11.8 Å². The molecule has 2 aliphatic carbocycles. The SMILES string of the molecule is CCc1c(F)ccc2cc(O)cc(C3NC=c4c(N5CCOC[C@@](C)(O)C5)nc(OCC56CCCN(C7CCC8(CCOC8)CC7)[C@]5(C)CCC6)nc4=C3F)c12. The Balaban J connectivity index is 1.09. The van der Waals surface area contributed by atoms with E-state index < -0.39 is 17.5 Å². The van der Waals surface area contributed by atoms with E-state index in [9.17, 15) is 10.2 Å². The van der Waals surface area contributed by atoms with Gasteiger partial charge in [0.25, 0.3) is 0 Å². The van der Waals surface area contributed by atoms with Crippen LogP contribution >= 0.6 is 0 Å². The number of nitrogens with one attached hydrogen (secondary N) is 1. The van der Waals surface area contributed by atoms with Crippen LogP contribution in [0.5, 0.6) is 11.8 Å². The molecule has 1 aromatic heterocycles. The molecule has 0 amide bonds. The van der Waals surface area contributed by atoms with Gasteiger partial charge in [-0.3, -0.25) is 4.90 Å². The zero-order valence-electron chi connectivity index (χ0n) is 33.1. The number of aromatic nitrogens is 2. The average molecular weight is 774 g/mol. The number of halogens is 2. The highest BCUT2D eigenvalue weighted by Crippen LogP contribution is 2.57. The van der Waals surface area contributed by atoms with E-state index in [1.807, 2.05) is 11.8 Å². The van der Waals surface area contributed by atoms with Gasteiger partial charge < -0.3 is 34.6 Å². The minimum absolute atomic E-state index is 0.0345. The summed E-state index contributed by atoms with van der Waals surface area (Å²) in [7, 11) is 0. The number of ether oxygens (including phenoxy) is 3. The number of phenolic OH excluding ortho intramolecular Hbond substituents is 1. The van der Waals surface area contributed by atoms with Crippen LogP contribution in [-0.4, -0.2) is 94.9 Å². The largest absolute Gasteiger partial charge is 0.508 e. The molecule has 3 aromatic rings. The van der Waals surface area contributed by atoms with Gasteiger partial charge in [0.05, 0.1) is 38.2 Å². The lowest BCUT2D eigenvalue weighted by atomic mass is 9.64. The highest BCUT2D eigenvalue weighted by molar-refractivity contribution is 5.92. The Kier molecular flexibility index (Phi) is 9.73. The fourth-order valence-corrected chi connectivity index (χ4v) is 11.6. The summed E-state index contributed by atoms with van der Waals surface area (Å²) in [5.74, 6) is -0.551. The van der Waals surface area contributed by atoms with Gasteiger partial charge in [-0.15, -0.1) is 0 Å². The second-order valence-electron chi connectivity index (χ2n) is 18.2. The van der Waals surface area contributed by atoms with Crippen LogP contribution in [0.1, 0.15) is 102 Å². The highest BCUT2D eigenvalue weighted by atomic mass is 19.1. The predicted octanol–water partition coefficient (Wildman–Crippen LogP) is 5.54. The topological polar surface area (TPSA) is 112 Å². The number of likely N-dealkylation sites (tertiary alicyclic amines) is 1. The van der Waals surface area contributed by atoms with Gasteiger partial charge in [-0.25, -0.2) is 8.78 Å². The quantitative estimate of drug-likeness (QED) is 0.283. The standard InChI is InChI=1S/C44H57F2N5O5/c1-4-31-34(45)8-7-28-21-30(52)22-32(35(28)31)37-36(46)38-33(23-47-37)39(50-18-20-55-25-41(2,53)24-50)49-40(48-38)56-27-44-12-5-11-42(44,3)51(17-6-13-44)29-9-14-43(15-10-29)16-19-54-26-43/h7-8,21-23,29,37,47,52-53H,4-6,9-20,24-27H2,1-3H3/t29?,37?,41-,42+,43?,44?/m0/s1. The number of anilines is 1. The first-order valence-electron chi connectivity index (χ1n) is 20.9. The van der Waals surface area contributed by atoms with Crippen LogP contribution in [0.2, 0.25) is 0 Å². The Bertz CT molecular complexity index is 2120. The van der Waals surface area contributed by atoms with Crippen LogP contribution in [0.15, 0.2) is 24.3 Å². The van der Waals surface area contributed by atoms with Crippen LogP contribution in [0.3, 0.4) is 0 Å². The second kappa shape index (κ2) is 14.4. The number of benzene rings is 2. The predicted molar refractivity (Wildman–Crippen MR) is 211 cm³/mol. The van der Waals surface area contributed by atoms with Crippen molar-refractivity contribution in [2.45, 2.75) is 115 Å². The minimum atomic E-state index is -1.16. The number of piperidine rings is 1. The van der Waals surface area contributed by atoms with Crippen molar-refractivity contribution in [2.24, 2.45) is 10.8 Å². The van der Waals surface area contributed by atoms with Gasteiger partial charge in [0.2, 0.25) is 0 Å². The Morgan fingerprint density at radius 2 is 1.77 bits per heavy atom. The van der Waals surface area contributed by atoms with Crippen molar-refractivity contribution >= 4 is 28.6 Å². The van der Waals surface area contributed by atoms with Gasteiger partial charge in [0.1, 0.15) is 34.4 Å². The molecule has 5 fully saturated rings. The first kappa shape index (κ1) is 38.0. The van der Waals surface area contributed by atoms with E-state index in [-0.39, 0.29) is 47.0 Å². The van der Waals surface area contributed by atoms with Crippen molar-refractivity contribution < 1.29 is 33.2 Å². The summed E-state index contributed by atoms with van der Waals surface area (Å²) in [6.45, 7) is 10.5. The summed E-state index contributed by atoms with van der Waals surface area (Å²) in [5, 5.41) is 26.9. The van der Waals surface area contributed by atoms with Crippen molar-refractivity contribution in [3.63, 3.8) is 0 Å². The Hall–Kier alpha value is -3.58. The van der Waals surface area contributed by atoms with Gasteiger partial charge in [-0.05, 0) is 130 Å². The summed E-state index contributed by atoms with van der Waals surface area (Å²) < 4.78 is 50.9. The maximum absolute atomic E-state index is 17.3. The van der Waals surface area contributed by atoms with Crippen LogP contribution in [0.4, 0.5) is 14.6 Å². The zero-order valence-corrected chi connectivity index (χ0v) is 33.1. The molecule has 0 bridgehead atoms. The summed E-state index contributed by atoms with van der Waals surface area (Å²) in [5.41, 5.74) is -0.0517. The first-order valence-corrected chi connectivity index (χ1v) is 20.9. The number of β-amino-alcohol motifs (C(OH)–C–C–N with tert-alkyl or cyclic N) is 1. The molecule has 2 saturated carbocycles. The molecule has 5 heterocycles. The van der Waals surface area contributed by atoms with Crippen LogP contribution in [0, 0.1) is 16.6 Å². The molecule has 12 heteroatoms. The monoisotopic (exact) mass is 773 g/mol. The summed E-state index contributed by atoms with van der Waals surface area (Å²) in [6, 6.07) is 5.67. The van der Waals surface area contributed by atoms with Gasteiger partial charge in [-0.2, -0.15) is 9.97 Å². The fourth-order valence-electron chi connectivity index (χ4n) is 11.6. The van der Waals surface area contributed by atoms with Crippen molar-refractivity contribution in [1.82, 2.24) is 20.2 Å².